The van der Waals surface area contributed by atoms with E-state index in [0.717, 1.165) is 37.2 Å². The average Bonchev–Trinajstić information content (AvgIpc) is 2.78. The number of hydrogen-bond donors (Lipinski definition) is 3. The normalized spacial score (nSPS) is 14.2. The molecule has 33 heavy (non-hydrogen) atoms. The smallest absolute Gasteiger partial charge is 0.235 e. The average molecular weight is 516 g/mol. The van der Waals surface area contributed by atoms with Gasteiger partial charge in [-0.2, -0.15) is 0 Å². The van der Waals surface area contributed by atoms with Gasteiger partial charge in [0, 0.05) is 5.56 Å². The number of nitrogens with zero attached hydrogens (tertiary/aromatic N) is 1. The van der Waals surface area contributed by atoms with Crippen LogP contribution in [-0.4, -0.2) is 45.7 Å². The minimum atomic E-state index is -3.45. The summed E-state index contributed by atoms with van der Waals surface area (Å²) in [5, 5.41) is 10.9. The lowest BCUT2D eigenvalue weighted by molar-refractivity contribution is 0.162. The molecule has 0 amide bonds. The Hall–Kier alpha value is -2.26. The largest absolute Gasteiger partial charge is 0.490 e. The Kier molecular flexibility index (Phi) is 11.7. The van der Waals surface area contributed by atoms with Crippen molar-refractivity contribution < 1.29 is 13.2 Å². The molecule has 1 aliphatic heterocycles. The number of nitrogen functional groups attached to an aromatic ring is 1. The van der Waals surface area contributed by atoms with Gasteiger partial charge < -0.3 is 15.8 Å². The molecule has 182 valence electrons. The summed E-state index contributed by atoms with van der Waals surface area (Å²) in [5.74, 6) is 0.756. The number of anilines is 1. The summed E-state index contributed by atoms with van der Waals surface area (Å²) in [4.78, 5) is 0. The lowest BCUT2D eigenvalue weighted by atomic mass is 10.1. The van der Waals surface area contributed by atoms with E-state index >= 15 is 0 Å². The molecule has 7 nitrogen and oxygen atoms in total. The Bertz CT molecular complexity index is 1020. The van der Waals surface area contributed by atoms with Gasteiger partial charge in [0.25, 0.3) is 0 Å². The Labute approximate surface area is 208 Å². The first-order chi connectivity index (χ1) is 14.9. The molecule has 4 N–H and O–H groups in total. The maximum atomic E-state index is 12.7. The van der Waals surface area contributed by atoms with E-state index in [1.54, 1.807) is 37.3 Å². The monoisotopic (exact) mass is 514 g/mol. The summed E-state index contributed by atoms with van der Waals surface area (Å²) < 4.78 is 32.8. The first kappa shape index (κ1) is 28.8. The Morgan fingerprint density at radius 2 is 1.85 bits per heavy atom. The number of benzene rings is 2. The highest BCUT2D eigenvalue weighted by atomic mass is 35.5. The number of hydrogen-bond acceptors (Lipinski definition) is 5. The van der Waals surface area contributed by atoms with Crippen LogP contribution in [0.4, 0.5) is 5.69 Å². The fourth-order valence-electron chi connectivity index (χ4n) is 3.43. The summed E-state index contributed by atoms with van der Waals surface area (Å²) in [6.45, 7) is 3.74. The number of rotatable bonds is 9. The summed E-state index contributed by atoms with van der Waals surface area (Å²) >= 11 is 0. The Balaban J connectivity index is 0.00000272. The van der Waals surface area contributed by atoms with E-state index in [9.17, 15) is 8.42 Å². The van der Waals surface area contributed by atoms with Gasteiger partial charge in [0.2, 0.25) is 10.0 Å². The minimum absolute atomic E-state index is 0. The molecule has 0 radical (unpaired) electrons. The summed E-state index contributed by atoms with van der Waals surface area (Å²) in [5.41, 5.74) is 7.62. The minimum Gasteiger partial charge on any atom is -0.490 e. The lowest BCUT2D eigenvalue weighted by Crippen LogP contribution is -2.34. The predicted molar refractivity (Wildman–Crippen MR) is 141 cm³/mol. The molecular weight excluding hydrogens is 483 g/mol. The highest BCUT2D eigenvalue weighted by Gasteiger charge is 2.20. The van der Waals surface area contributed by atoms with Crippen molar-refractivity contribution >= 4 is 52.4 Å². The molecule has 2 aromatic carbocycles. The second kappa shape index (κ2) is 13.4. The molecule has 1 aliphatic rings. The molecule has 10 heteroatoms. The van der Waals surface area contributed by atoms with Gasteiger partial charge in [-0.25, -0.2) is 8.42 Å². The molecule has 0 bridgehead atoms. The molecular formula is C23H32Cl2N4O3S. The maximum Gasteiger partial charge on any atom is 0.235 e. The van der Waals surface area contributed by atoms with Gasteiger partial charge in [-0.1, -0.05) is 30.4 Å². The number of ether oxygens (including phenoxy) is 1. The van der Waals surface area contributed by atoms with E-state index in [-0.39, 0.29) is 49.1 Å². The van der Waals surface area contributed by atoms with E-state index in [0.29, 0.717) is 11.3 Å². The molecule has 0 unspecified atom stereocenters. The first-order valence-corrected chi connectivity index (χ1v) is 12.1. The number of sulfonamides is 1. The van der Waals surface area contributed by atoms with Gasteiger partial charge in [-0.3, -0.25) is 9.71 Å². The van der Waals surface area contributed by atoms with Crippen LogP contribution in [0.3, 0.4) is 0 Å². The number of amidine groups is 1. The molecule has 1 fully saturated rings. The molecule has 0 spiro atoms. The molecule has 1 heterocycles. The molecule has 0 atom stereocenters. The molecule has 3 rings (SSSR count). The third kappa shape index (κ3) is 8.23. The third-order valence-electron chi connectivity index (χ3n) is 5.19. The van der Waals surface area contributed by atoms with Crippen molar-refractivity contribution in [2.75, 3.05) is 29.7 Å². The zero-order valence-corrected chi connectivity index (χ0v) is 21.0. The molecule has 0 aliphatic carbocycles. The van der Waals surface area contributed by atoms with Crippen LogP contribution in [0.5, 0.6) is 5.75 Å². The summed E-state index contributed by atoms with van der Waals surface area (Å²) in [6, 6.07) is 14.5. The number of piperidine rings is 1. The lowest BCUT2D eigenvalue weighted by Gasteiger charge is -2.25. The fraction of sp³-hybridized carbons (Fsp3) is 0.348. The SMILES string of the molecule is CCS(=O)(=O)N(C/C=C/c1cccc(C(=N)N)c1)c1ccc(OC2CCNCC2)cc1.Cl.Cl. The van der Waals surface area contributed by atoms with Crippen molar-refractivity contribution in [3.8, 4) is 5.75 Å². The molecule has 2 aromatic rings. The van der Waals surface area contributed by atoms with Crippen LogP contribution in [0, 0.1) is 5.41 Å². The van der Waals surface area contributed by atoms with Crippen LogP contribution in [0.2, 0.25) is 0 Å². The molecule has 1 saturated heterocycles. The molecule has 0 saturated carbocycles. The van der Waals surface area contributed by atoms with Crippen molar-refractivity contribution in [3.63, 3.8) is 0 Å². The fourth-order valence-corrected chi connectivity index (χ4v) is 4.49. The summed E-state index contributed by atoms with van der Waals surface area (Å²) in [6.07, 6.45) is 5.75. The van der Waals surface area contributed by atoms with E-state index in [4.69, 9.17) is 15.9 Å². The van der Waals surface area contributed by atoms with Gasteiger partial charge >= 0.3 is 0 Å². The van der Waals surface area contributed by atoms with E-state index in [1.807, 2.05) is 30.3 Å². The van der Waals surface area contributed by atoms with Gasteiger partial charge in [0.1, 0.15) is 17.7 Å². The summed E-state index contributed by atoms with van der Waals surface area (Å²) in [7, 11) is -3.45. The van der Waals surface area contributed by atoms with Crippen LogP contribution in [0.15, 0.2) is 54.6 Å². The number of nitrogens with two attached hydrogens (primary N) is 1. The second-order valence-corrected chi connectivity index (χ2v) is 9.62. The Morgan fingerprint density at radius 3 is 2.45 bits per heavy atom. The number of halogens is 2. The van der Waals surface area contributed by atoms with E-state index in [2.05, 4.69) is 5.32 Å². The van der Waals surface area contributed by atoms with Crippen LogP contribution in [0.1, 0.15) is 30.9 Å². The van der Waals surface area contributed by atoms with Crippen LogP contribution < -0.4 is 20.1 Å². The Morgan fingerprint density at radius 1 is 1.18 bits per heavy atom. The maximum absolute atomic E-state index is 12.7. The van der Waals surface area contributed by atoms with Crippen LogP contribution >= 0.6 is 24.8 Å². The zero-order valence-electron chi connectivity index (χ0n) is 18.6. The zero-order chi connectivity index (χ0) is 22.3. The molecule has 0 aromatic heterocycles. The first-order valence-electron chi connectivity index (χ1n) is 10.5. The topological polar surface area (TPSA) is 109 Å². The second-order valence-electron chi connectivity index (χ2n) is 7.43. The van der Waals surface area contributed by atoms with Gasteiger partial charge in [0.15, 0.2) is 0 Å². The van der Waals surface area contributed by atoms with Crippen molar-refractivity contribution in [3.05, 3.63) is 65.7 Å². The van der Waals surface area contributed by atoms with Crippen molar-refractivity contribution in [2.45, 2.75) is 25.9 Å². The van der Waals surface area contributed by atoms with Gasteiger partial charge in [-0.15, -0.1) is 24.8 Å². The van der Waals surface area contributed by atoms with Crippen molar-refractivity contribution in [1.82, 2.24) is 5.32 Å². The quantitative estimate of drug-likeness (QED) is 0.348. The van der Waals surface area contributed by atoms with E-state index in [1.165, 1.54) is 4.31 Å². The van der Waals surface area contributed by atoms with E-state index < -0.39 is 10.0 Å². The highest BCUT2D eigenvalue weighted by molar-refractivity contribution is 7.92. The highest BCUT2D eigenvalue weighted by Crippen LogP contribution is 2.24. The number of nitrogens with one attached hydrogen (secondary N) is 2. The third-order valence-corrected chi connectivity index (χ3v) is 6.95. The van der Waals surface area contributed by atoms with Crippen molar-refractivity contribution in [2.24, 2.45) is 5.73 Å². The van der Waals surface area contributed by atoms with Crippen LogP contribution in [0.25, 0.3) is 6.08 Å². The van der Waals surface area contributed by atoms with Gasteiger partial charge in [-0.05, 0) is 68.8 Å². The predicted octanol–water partition coefficient (Wildman–Crippen LogP) is 3.81. The van der Waals surface area contributed by atoms with Crippen molar-refractivity contribution in [1.29, 1.82) is 5.41 Å². The van der Waals surface area contributed by atoms with Crippen LogP contribution in [-0.2, 0) is 10.0 Å². The standard InChI is InChI=1S/C23H30N4O3S.2ClH/c1-2-31(28,29)27(16-4-6-18-5-3-7-19(17-18)23(24)25)20-8-10-21(11-9-20)30-22-12-14-26-15-13-22;;/h3-11,17,22,26H,2,12-16H2,1H3,(H3,24,25);2*1H/b6-4+;;. The van der Waals surface area contributed by atoms with Gasteiger partial charge in [0.05, 0.1) is 18.0 Å².